The highest BCUT2D eigenvalue weighted by Gasteiger charge is 2.54. The van der Waals surface area contributed by atoms with E-state index in [-0.39, 0.29) is 0 Å². The zero-order chi connectivity index (χ0) is 17.1. The number of ether oxygens (including phenoxy) is 1. The maximum atomic E-state index is 14.2. The van der Waals surface area contributed by atoms with Crippen molar-refractivity contribution in [2.75, 3.05) is 6.61 Å². The third-order valence-corrected chi connectivity index (χ3v) is 3.38. The number of rotatable bonds is 6. The number of alkyl halides is 2. The maximum absolute atomic E-state index is 14.2. The van der Waals surface area contributed by atoms with E-state index in [0.29, 0.717) is 0 Å². The van der Waals surface area contributed by atoms with Crippen molar-refractivity contribution in [1.29, 1.82) is 0 Å². The molecule has 128 valence electrons. The van der Waals surface area contributed by atoms with Gasteiger partial charge in [-0.3, -0.25) is 9.59 Å². The molecule has 0 aromatic carbocycles. The molecule has 1 amide bonds. The Morgan fingerprint density at radius 3 is 2.32 bits per heavy atom. The fourth-order valence-electron chi connectivity index (χ4n) is 2.29. The summed E-state index contributed by atoms with van der Waals surface area (Å²) in [7, 11) is 0. The quantitative estimate of drug-likeness (QED) is 0.399. The average molecular weight is 327 g/mol. The van der Waals surface area contributed by atoms with E-state index in [1.165, 1.54) is 0 Å². The zero-order valence-electron chi connectivity index (χ0n) is 11.8. The topological polar surface area (TPSA) is 136 Å². The van der Waals surface area contributed by atoms with Crippen LogP contribution in [0.3, 0.4) is 0 Å². The number of carboxylic acids is 1. The number of aliphatic hydroxyl groups is 3. The number of carbonyl (C=O) groups excluding carboxylic acids is 1. The van der Waals surface area contributed by atoms with Crippen LogP contribution in [0, 0.1) is 0 Å². The maximum Gasteiger partial charge on any atom is 0.303 e. The molecule has 0 saturated carbocycles. The van der Waals surface area contributed by atoms with E-state index in [4.69, 9.17) is 14.9 Å². The minimum atomic E-state index is -3.69. The molecule has 0 bridgehead atoms. The van der Waals surface area contributed by atoms with Gasteiger partial charge in [-0.25, -0.2) is 8.78 Å². The molecular formula is C12H19F2NO7. The number of nitrogens with one attached hydrogen (secondary N) is 1. The highest BCUT2D eigenvalue weighted by Crippen LogP contribution is 2.35. The van der Waals surface area contributed by atoms with E-state index >= 15 is 0 Å². The van der Waals surface area contributed by atoms with Gasteiger partial charge < -0.3 is 30.5 Å². The lowest BCUT2D eigenvalue weighted by Gasteiger charge is -2.45. The molecule has 0 aromatic rings. The third-order valence-electron chi connectivity index (χ3n) is 3.38. The van der Waals surface area contributed by atoms with Crippen LogP contribution >= 0.6 is 0 Å². The van der Waals surface area contributed by atoms with Gasteiger partial charge in [0.2, 0.25) is 5.91 Å². The minimum absolute atomic E-state index is 0.735. The molecule has 1 aliphatic rings. The van der Waals surface area contributed by atoms with Crippen molar-refractivity contribution in [1.82, 2.24) is 5.32 Å². The van der Waals surface area contributed by atoms with Crippen molar-refractivity contribution < 1.29 is 43.5 Å². The predicted octanol–water partition coefficient (Wildman–Crippen LogP) is -1.53. The number of carboxylic acid groups (broad SMARTS) is 1. The smallest absolute Gasteiger partial charge is 0.303 e. The van der Waals surface area contributed by atoms with Gasteiger partial charge in [0.1, 0.15) is 24.4 Å². The molecule has 1 aliphatic heterocycles. The van der Waals surface area contributed by atoms with Gasteiger partial charge in [0.25, 0.3) is 5.92 Å². The molecule has 8 nitrogen and oxygen atoms in total. The predicted molar refractivity (Wildman–Crippen MR) is 67.2 cm³/mol. The number of halogens is 2. The Balaban J connectivity index is 3.02. The van der Waals surface area contributed by atoms with Gasteiger partial charge in [-0.05, 0) is 0 Å². The second-order valence-electron chi connectivity index (χ2n) is 5.14. The number of carbonyl (C=O) groups is 2. The summed E-state index contributed by atoms with van der Waals surface area (Å²) in [6.07, 6.45) is -8.94. The molecule has 1 saturated heterocycles. The van der Waals surface area contributed by atoms with Crippen LogP contribution in [0.15, 0.2) is 0 Å². The summed E-state index contributed by atoms with van der Waals surface area (Å²) in [6.45, 7) is 0.209. The Kier molecular flexibility index (Phi) is 6.17. The van der Waals surface area contributed by atoms with Crippen molar-refractivity contribution in [3.8, 4) is 0 Å². The Morgan fingerprint density at radius 1 is 1.27 bits per heavy atom. The molecule has 1 heterocycles. The molecule has 1 fully saturated rings. The van der Waals surface area contributed by atoms with Crippen molar-refractivity contribution in [2.45, 2.75) is 56.1 Å². The first-order chi connectivity index (χ1) is 10.1. The standard InChI is InChI=1S/C12H19F2NO7/c1-5(17)15-8-10(21)9(20)6(4-16)22-11(8)12(13,14)3-2-7(18)19/h6,8-11,16,20-21H,2-4H2,1H3,(H,15,17)(H,18,19). The SMILES string of the molecule is CC(=O)NC1C(O)C(O)C(CO)OC1C(F)(F)CCC(=O)O. The van der Waals surface area contributed by atoms with Crippen molar-refractivity contribution in [3.05, 3.63) is 0 Å². The first-order valence-corrected chi connectivity index (χ1v) is 6.59. The summed E-state index contributed by atoms with van der Waals surface area (Å²) in [5.74, 6) is -5.87. The first kappa shape index (κ1) is 18.7. The van der Waals surface area contributed by atoms with Crippen LogP contribution in [0.5, 0.6) is 0 Å². The van der Waals surface area contributed by atoms with Crippen molar-refractivity contribution in [3.63, 3.8) is 0 Å². The lowest BCUT2D eigenvalue weighted by atomic mass is 9.88. The largest absolute Gasteiger partial charge is 0.481 e. The summed E-state index contributed by atoms with van der Waals surface area (Å²) >= 11 is 0. The van der Waals surface area contributed by atoms with E-state index in [0.717, 1.165) is 6.92 Å². The summed E-state index contributed by atoms with van der Waals surface area (Å²) in [4.78, 5) is 21.6. The molecule has 5 N–H and O–H groups in total. The zero-order valence-corrected chi connectivity index (χ0v) is 11.8. The van der Waals surface area contributed by atoms with Crippen LogP contribution < -0.4 is 5.32 Å². The molecule has 1 rings (SSSR count). The van der Waals surface area contributed by atoms with Crippen LogP contribution in [0.1, 0.15) is 19.8 Å². The van der Waals surface area contributed by atoms with Gasteiger partial charge in [0.05, 0.1) is 19.1 Å². The van der Waals surface area contributed by atoms with Gasteiger partial charge >= 0.3 is 5.97 Å². The second kappa shape index (κ2) is 7.27. The number of aliphatic hydroxyl groups excluding tert-OH is 3. The summed E-state index contributed by atoms with van der Waals surface area (Å²) in [6, 6.07) is -1.64. The Morgan fingerprint density at radius 2 is 1.86 bits per heavy atom. The van der Waals surface area contributed by atoms with Gasteiger partial charge in [0.15, 0.2) is 0 Å². The summed E-state index contributed by atoms with van der Waals surface area (Å²) in [5, 5.41) is 39.2. The monoisotopic (exact) mass is 327 g/mol. The molecule has 0 aliphatic carbocycles. The lowest BCUT2D eigenvalue weighted by molar-refractivity contribution is -0.252. The molecule has 5 unspecified atom stereocenters. The van der Waals surface area contributed by atoms with Gasteiger partial charge in [0, 0.05) is 13.3 Å². The van der Waals surface area contributed by atoms with E-state index in [2.05, 4.69) is 5.32 Å². The van der Waals surface area contributed by atoms with Crippen LogP contribution in [0.2, 0.25) is 0 Å². The molecule has 0 radical (unpaired) electrons. The molecule has 0 spiro atoms. The van der Waals surface area contributed by atoms with Gasteiger partial charge in [-0.2, -0.15) is 0 Å². The Labute approximate surface area is 124 Å². The second-order valence-corrected chi connectivity index (χ2v) is 5.14. The van der Waals surface area contributed by atoms with Crippen LogP contribution in [0.4, 0.5) is 8.78 Å². The Bertz CT molecular complexity index is 420. The number of amides is 1. The molecule has 5 atom stereocenters. The van der Waals surface area contributed by atoms with Gasteiger partial charge in [-0.1, -0.05) is 0 Å². The average Bonchev–Trinajstić information content (AvgIpc) is 2.41. The first-order valence-electron chi connectivity index (χ1n) is 6.59. The van der Waals surface area contributed by atoms with E-state index < -0.39 is 67.7 Å². The van der Waals surface area contributed by atoms with E-state index in [9.17, 15) is 28.6 Å². The number of hydrogen-bond acceptors (Lipinski definition) is 6. The molecule has 22 heavy (non-hydrogen) atoms. The van der Waals surface area contributed by atoms with Crippen LogP contribution in [-0.2, 0) is 14.3 Å². The fraction of sp³-hybridized carbons (Fsp3) is 0.833. The van der Waals surface area contributed by atoms with Crippen molar-refractivity contribution in [2.24, 2.45) is 0 Å². The molecule has 10 heteroatoms. The molecular weight excluding hydrogens is 308 g/mol. The third kappa shape index (κ3) is 4.32. The van der Waals surface area contributed by atoms with Crippen LogP contribution in [-0.4, -0.2) is 75.3 Å². The molecule has 0 aromatic heterocycles. The minimum Gasteiger partial charge on any atom is -0.481 e. The van der Waals surface area contributed by atoms with E-state index in [1.54, 1.807) is 0 Å². The van der Waals surface area contributed by atoms with E-state index in [1.807, 2.05) is 0 Å². The highest BCUT2D eigenvalue weighted by atomic mass is 19.3. The summed E-state index contributed by atoms with van der Waals surface area (Å²) in [5.41, 5.74) is 0. The lowest BCUT2D eigenvalue weighted by Crippen LogP contribution is -2.68. The van der Waals surface area contributed by atoms with Gasteiger partial charge in [-0.15, -0.1) is 0 Å². The Hall–Kier alpha value is -1.36. The summed E-state index contributed by atoms with van der Waals surface area (Å²) < 4.78 is 33.2. The van der Waals surface area contributed by atoms with Crippen LogP contribution in [0.25, 0.3) is 0 Å². The fourth-order valence-corrected chi connectivity index (χ4v) is 2.29. The van der Waals surface area contributed by atoms with Crippen molar-refractivity contribution >= 4 is 11.9 Å². The number of aliphatic carboxylic acids is 1. The number of hydrogen-bond donors (Lipinski definition) is 5. The normalized spacial score (nSPS) is 32.5. The highest BCUT2D eigenvalue weighted by molar-refractivity contribution is 5.73.